The van der Waals surface area contributed by atoms with Crippen LogP contribution in [-0.2, 0) is 6.54 Å². The van der Waals surface area contributed by atoms with Crippen molar-refractivity contribution in [2.75, 3.05) is 7.11 Å². The molecule has 0 unspecified atom stereocenters. The van der Waals surface area contributed by atoms with E-state index in [4.69, 9.17) is 4.74 Å². The molecule has 3 aromatic rings. The number of aromatic nitrogens is 1. The third kappa shape index (κ3) is 2.65. The summed E-state index contributed by atoms with van der Waals surface area (Å²) in [5.41, 5.74) is 2.08. The number of halogens is 1. The van der Waals surface area contributed by atoms with Crippen LogP contribution >= 0.6 is 0 Å². The van der Waals surface area contributed by atoms with Crippen molar-refractivity contribution < 1.29 is 14.2 Å². The number of aliphatic imine (C=N–C) groups is 1. The molecule has 22 heavy (non-hydrogen) atoms. The van der Waals surface area contributed by atoms with Crippen molar-refractivity contribution in [3.05, 3.63) is 59.4 Å². The van der Waals surface area contributed by atoms with Crippen molar-refractivity contribution in [1.82, 2.24) is 4.98 Å². The summed E-state index contributed by atoms with van der Waals surface area (Å²) in [5.74, 6) is 0.379. The summed E-state index contributed by atoms with van der Waals surface area (Å²) in [6.07, 6.45) is 1.54. The lowest BCUT2D eigenvalue weighted by molar-refractivity contribution is 0.410. The first-order valence-corrected chi connectivity index (χ1v) is 6.81. The predicted octanol–water partition coefficient (Wildman–Crippen LogP) is 3.64. The third-order valence-electron chi connectivity index (χ3n) is 3.45. The molecule has 0 atom stereocenters. The Balaban J connectivity index is 1.89. The van der Waals surface area contributed by atoms with Crippen molar-refractivity contribution in [1.29, 1.82) is 0 Å². The van der Waals surface area contributed by atoms with E-state index in [1.54, 1.807) is 19.4 Å². The van der Waals surface area contributed by atoms with E-state index in [1.807, 2.05) is 24.3 Å². The number of nitrogens with zero attached hydrogens (tertiary/aromatic N) is 1. The number of H-pyrrole nitrogens is 1. The second-order valence-corrected chi connectivity index (χ2v) is 4.86. The predicted molar refractivity (Wildman–Crippen MR) is 84.2 cm³/mol. The molecule has 0 fully saturated rings. The third-order valence-corrected chi connectivity index (χ3v) is 3.45. The number of hydrogen-bond acceptors (Lipinski definition) is 3. The maximum absolute atomic E-state index is 13.4. The van der Waals surface area contributed by atoms with Gasteiger partial charge in [-0.1, -0.05) is 18.2 Å². The van der Waals surface area contributed by atoms with Crippen molar-refractivity contribution in [2.45, 2.75) is 6.54 Å². The Morgan fingerprint density at radius 1 is 1.27 bits per heavy atom. The molecule has 0 saturated heterocycles. The zero-order chi connectivity index (χ0) is 15.5. The monoisotopic (exact) mass is 298 g/mol. The average Bonchev–Trinajstić information content (AvgIpc) is 2.83. The Morgan fingerprint density at radius 2 is 2.09 bits per heavy atom. The van der Waals surface area contributed by atoms with Gasteiger partial charge in [-0.15, -0.1) is 0 Å². The second-order valence-electron chi connectivity index (χ2n) is 4.86. The van der Waals surface area contributed by atoms with Crippen LogP contribution in [0, 0.1) is 5.82 Å². The van der Waals surface area contributed by atoms with Gasteiger partial charge >= 0.3 is 0 Å². The van der Waals surface area contributed by atoms with Crippen LogP contribution in [0.3, 0.4) is 0 Å². The summed E-state index contributed by atoms with van der Waals surface area (Å²) in [6, 6.07) is 11.9. The molecular weight excluding hydrogens is 283 g/mol. The summed E-state index contributed by atoms with van der Waals surface area (Å²) in [7, 11) is 1.61. The van der Waals surface area contributed by atoms with Crippen LogP contribution in [0.25, 0.3) is 10.9 Å². The van der Waals surface area contributed by atoms with Gasteiger partial charge in [-0.2, -0.15) is 0 Å². The Hall–Kier alpha value is -2.82. The summed E-state index contributed by atoms with van der Waals surface area (Å²) >= 11 is 0. The molecule has 0 aliphatic heterocycles. The summed E-state index contributed by atoms with van der Waals surface area (Å²) in [4.78, 5) is 7.12. The maximum Gasteiger partial charge on any atom is 0.198 e. The van der Waals surface area contributed by atoms with E-state index in [-0.39, 0.29) is 11.7 Å². The average molecular weight is 298 g/mol. The van der Waals surface area contributed by atoms with Crippen molar-refractivity contribution in [2.24, 2.45) is 4.99 Å². The summed E-state index contributed by atoms with van der Waals surface area (Å²) in [6.45, 7) is 0.408. The van der Waals surface area contributed by atoms with Crippen LogP contribution in [0.15, 0.2) is 47.5 Å². The van der Waals surface area contributed by atoms with E-state index in [9.17, 15) is 9.50 Å². The van der Waals surface area contributed by atoms with Gasteiger partial charge in [-0.05, 0) is 24.3 Å². The van der Waals surface area contributed by atoms with Gasteiger partial charge in [0, 0.05) is 22.7 Å². The van der Waals surface area contributed by atoms with E-state index in [1.165, 1.54) is 12.1 Å². The molecular formula is C17H15FN2O2. The van der Waals surface area contributed by atoms with Crippen LogP contribution in [-0.4, -0.2) is 23.4 Å². The first kappa shape index (κ1) is 14.1. The molecule has 3 rings (SSSR count). The fraction of sp³-hybridized carbons (Fsp3) is 0.118. The highest BCUT2D eigenvalue weighted by Crippen LogP contribution is 2.26. The molecule has 0 amide bonds. The van der Waals surface area contributed by atoms with Crippen LogP contribution in [0.4, 0.5) is 4.39 Å². The van der Waals surface area contributed by atoms with Gasteiger partial charge in [0.15, 0.2) is 5.88 Å². The Morgan fingerprint density at radius 3 is 2.91 bits per heavy atom. The Kier molecular flexibility index (Phi) is 3.78. The normalized spacial score (nSPS) is 11.4. The van der Waals surface area contributed by atoms with Crippen LogP contribution in [0.1, 0.15) is 11.1 Å². The van der Waals surface area contributed by atoms with E-state index in [0.717, 1.165) is 11.3 Å². The molecule has 2 aromatic carbocycles. The van der Waals surface area contributed by atoms with E-state index in [0.29, 0.717) is 23.0 Å². The van der Waals surface area contributed by atoms with Crippen LogP contribution < -0.4 is 4.74 Å². The van der Waals surface area contributed by atoms with Gasteiger partial charge in [-0.3, -0.25) is 4.99 Å². The largest absolute Gasteiger partial charge is 0.496 e. The number of methoxy groups -OCH3 is 1. The van der Waals surface area contributed by atoms with Crippen LogP contribution in [0.5, 0.6) is 11.6 Å². The highest BCUT2D eigenvalue weighted by atomic mass is 19.1. The highest BCUT2D eigenvalue weighted by Gasteiger charge is 2.09. The van der Waals surface area contributed by atoms with Gasteiger partial charge in [0.25, 0.3) is 0 Å². The number of aromatic hydroxyl groups is 1. The van der Waals surface area contributed by atoms with Gasteiger partial charge < -0.3 is 14.8 Å². The summed E-state index contributed by atoms with van der Waals surface area (Å²) in [5, 5.41) is 10.5. The lowest BCUT2D eigenvalue weighted by Crippen LogP contribution is -1.90. The number of benzene rings is 2. The SMILES string of the molecule is COc1ccccc1CN=Cc1c(O)[nH]c2ccc(F)cc12. The minimum atomic E-state index is -0.356. The number of fused-ring (bicyclic) bond motifs is 1. The van der Waals surface area contributed by atoms with E-state index >= 15 is 0 Å². The number of nitrogens with one attached hydrogen (secondary N) is 1. The standard InChI is InChI=1S/C17H15FN2O2/c1-22-16-5-3-2-4-11(16)9-19-10-14-13-8-12(18)6-7-15(13)20-17(14)21/h2-8,10,20-21H,9H2,1H3. The van der Waals surface area contributed by atoms with Crippen molar-refractivity contribution in [3.63, 3.8) is 0 Å². The molecule has 0 radical (unpaired) electrons. The second kappa shape index (κ2) is 5.89. The highest BCUT2D eigenvalue weighted by molar-refractivity contribution is 6.01. The van der Waals surface area contributed by atoms with E-state index in [2.05, 4.69) is 9.98 Å². The van der Waals surface area contributed by atoms with Gasteiger partial charge in [-0.25, -0.2) is 4.39 Å². The molecule has 1 heterocycles. The zero-order valence-corrected chi connectivity index (χ0v) is 12.0. The van der Waals surface area contributed by atoms with Gasteiger partial charge in [0.05, 0.1) is 19.2 Å². The minimum absolute atomic E-state index is 0.0237. The number of rotatable bonds is 4. The number of para-hydroxylation sites is 1. The minimum Gasteiger partial charge on any atom is -0.496 e. The first-order chi connectivity index (χ1) is 10.7. The maximum atomic E-state index is 13.4. The summed E-state index contributed by atoms with van der Waals surface area (Å²) < 4.78 is 18.6. The molecule has 0 saturated carbocycles. The van der Waals surface area contributed by atoms with E-state index < -0.39 is 0 Å². The molecule has 0 aliphatic carbocycles. The fourth-order valence-electron chi connectivity index (χ4n) is 2.37. The molecule has 0 aliphatic rings. The van der Waals surface area contributed by atoms with Crippen molar-refractivity contribution >= 4 is 17.1 Å². The van der Waals surface area contributed by atoms with Crippen molar-refractivity contribution in [3.8, 4) is 11.6 Å². The molecule has 5 heteroatoms. The molecule has 0 spiro atoms. The molecule has 112 valence electrons. The quantitative estimate of drug-likeness (QED) is 0.722. The smallest absolute Gasteiger partial charge is 0.198 e. The number of ether oxygens (including phenoxy) is 1. The topological polar surface area (TPSA) is 57.6 Å². The Labute approximate surface area is 126 Å². The Bertz CT molecular complexity index is 840. The van der Waals surface area contributed by atoms with Gasteiger partial charge in [0.2, 0.25) is 0 Å². The molecule has 1 aromatic heterocycles. The lowest BCUT2D eigenvalue weighted by Gasteiger charge is -2.04. The van der Waals surface area contributed by atoms with Gasteiger partial charge in [0.1, 0.15) is 11.6 Å². The zero-order valence-electron chi connectivity index (χ0n) is 12.0. The number of hydrogen-bond donors (Lipinski definition) is 2. The lowest BCUT2D eigenvalue weighted by atomic mass is 10.1. The molecule has 0 bridgehead atoms. The number of aromatic amines is 1. The fourth-order valence-corrected chi connectivity index (χ4v) is 2.37. The molecule has 4 nitrogen and oxygen atoms in total. The first-order valence-electron chi connectivity index (χ1n) is 6.81. The van der Waals surface area contributed by atoms with Crippen LogP contribution in [0.2, 0.25) is 0 Å². The molecule has 2 N–H and O–H groups in total.